The number of aromatic carboxylic acids is 1. The molecular weight excluding hydrogens is 229 g/mol. The Morgan fingerprint density at radius 2 is 2.12 bits per heavy atom. The van der Waals surface area contributed by atoms with Crippen LogP contribution in [0.25, 0.3) is 10.6 Å². The molecule has 3 nitrogen and oxygen atoms in total. The summed E-state index contributed by atoms with van der Waals surface area (Å²) >= 11 is 0.984. The van der Waals surface area contributed by atoms with Gasteiger partial charge in [0.1, 0.15) is 15.7 Å². The van der Waals surface area contributed by atoms with E-state index in [1.807, 2.05) is 0 Å². The average molecular weight is 237 g/mol. The normalized spacial score (nSPS) is 10.4. The second-order valence-corrected chi connectivity index (χ2v) is 4.22. The molecular formula is C11H8FNO2S. The maximum absolute atomic E-state index is 13.4. The molecule has 0 aliphatic rings. The number of halogens is 1. The van der Waals surface area contributed by atoms with Crippen molar-refractivity contribution in [1.29, 1.82) is 0 Å². The third-order valence-corrected chi connectivity index (χ3v) is 3.27. The van der Waals surface area contributed by atoms with E-state index in [1.165, 1.54) is 6.07 Å². The van der Waals surface area contributed by atoms with E-state index < -0.39 is 11.8 Å². The Hall–Kier alpha value is -1.75. The Balaban J connectivity index is 2.54. The van der Waals surface area contributed by atoms with Gasteiger partial charge < -0.3 is 5.11 Å². The van der Waals surface area contributed by atoms with Crippen LogP contribution >= 0.6 is 11.3 Å². The Kier molecular flexibility index (Phi) is 2.70. The molecule has 16 heavy (non-hydrogen) atoms. The zero-order chi connectivity index (χ0) is 11.7. The van der Waals surface area contributed by atoms with Crippen LogP contribution in [-0.2, 0) is 0 Å². The summed E-state index contributed by atoms with van der Waals surface area (Å²) in [6, 6.07) is 6.18. The first kappa shape index (κ1) is 10.8. The van der Waals surface area contributed by atoms with Crippen LogP contribution in [0.15, 0.2) is 24.3 Å². The Morgan fingerprint density at radius 3 is 2.69 bits per heavy atom. The van der Waals surface area contributed by atoms with Crippen LogP contribution in [-0.4, -0.2) is 16.1 Å². The van der Waals surface area contributed by atoms with Crippen molar-refractivity contribution in [2.75, 3.05) is 0 Å². The fourth-order valence-electron chi connectivity index (χ4n) is 1.34. The second kappa shape index (κ2) is 4.02. The number of carbonyl (C=O) groups is 1. The van der Waals surface area contributed by atoms with Crippen LogP contribution in [0.4, 0.5) is 4.39 Å². The summed E-state index contributed by atoms with van der Waals surface area (Å²) in [7, 11) is 0. The Morgan fingerprint density at radius 1 is 1.44 bits per heavy atom. The van der Waals surface area contributed by atoms with Crippen molar-refractivity contribution < 1.29 is 14.3 Å². The molecule has 2 aromatic rings. The van der Waals surface area contributed by atoms with E-state index in [1.54, 1.807) is 25.1 Å². The van der Waals surface area contributed by atoms with E-state index in [2.05, 4.69) is 4.98 Å². The Labute approximate surface area is 95.2 Å². The molecule has 0 spiro atoms. The lowest BCUT2D eigenvalue weighted by Gasteiger charge is -1.96. The van der Waals surface area contributed by atoms with Crippen LogP contribution in [0.3, 0.4) is 0 Å². The molecule has 82 valence electrons. The van der Waals surface area contributed by atoms with E-state index in [0.29, 0.717) is 16.3 Å². The van der Waals surface area contributed by atoms with Gasteiger partial charge in [0.25, 0.3) is 0 Å². The molecule has 0 unspecified atom stereocenters. The third-order valence-electron chi connectivity index (χ3n) is 2.10. The molecule has 0 fully saturated rings. The Bertz CT molecular complexity index is 551. The van der Waals surface area contributed by atoms with Crippen molar-refractivity contribution in [1.82, 2.24) is 4.98 Å². The minimum atomic E-state index is -1.03. The molecule has 1 N–H and O–H groups in total. The van der Waals surface area contributed by atoms with Crippen LogP contribution in [0.1, 0.15) is 15.4 Å². The fraction of sp³-hybridized carbons (Fsp3) is 0.0909. The number of benzene rings is 1. The van der Waals surface area contributed by atoms with E-state index in [9.17, 15) is 9.18 Å². The standard InChI is InChI=1S/C11H8FNO2S/c1-6-9(11(14)15)16-10(13-6)7-4-2-3-5-8(7)12/h2-5H,1H3,(H,14,15). The number of aryl methyl sites for hydroxylation is 1. The molecule has 1 aromatic heterocycles. The summed E-state index contributed by atoms with van der Waals surface area (Å²) in [5.74, 6) is -1.43. The van der Waals surface area contributed by atoms with Crippen LogP contribution in [0, 0.1) is 12.7 Å². The summed E-state index contributed by atoms with van der Waals surface area (Å²) in [6.45, 7) is 1.60. The fourth-order valence-corrected chi connectivity index (χ4v) is 2.28. The lowest BCUT2D eigenvalue weighted by molar-refractivity contribution is 0.0701. The van der Waals surface area contributed by atoms with Crippen LogP contribution in [0.5, 0.6) is 0 Å². The first-order valence-electron chi connectivity index (χ1n) is 4.55. The molecule has 2 rings (SSSR count). The largest absolute Gasteiger partial charge is 0.477 e. The second-order valence-electron chi connectivity index (χ2n) is 3.22. The van der Waals surface area contributed by atoms with Gasteiger partial charge in [-0.15, -0.1) is 11.3 Å². The summed E-state index contributed by atoms with van der Waals surface area (Å²) in [4.78, 5) is 15.0. The van der Waals surface area contributed by atoms with Gasteiger partial charge in [-0.1, -0.05) is 12.1 Å². The smallest absolute Gasteiger partial charge is 0.347 e. The van der Waals surface area contributed by atoms with Crippen molar-refractivity contribution in [3.05, 3.63) is 40.7 Å². The molecule has 0 bridgehead atoms. The molecule has 0 saturated heterocycles. The van der Waals surface area contributed by atoms with Gasteiger partial charge in [0.15, 0.2) is 0 Å². The minimum Gasteiger partial charge on any atom is -0.477 e. The van der Waals surface area contributed by atoms with Gasteiger partial charge in [-0.3, -0.25) is 0 Å². The predicted molar refractivity (Wildman–Crippen MR) is 59.2 cm³/mol. The zero-order valence-corrected chi connectivity index (χ0v) is 9.21. The SMILES string of the molecule is Cc1nc(-c2ccccc2F)sc1C(=O)O. The molecule has 0 atom stereocenters. The summed E-state index contributed by atoms with van der Waals surface area (Å²) < 4.78 is 13.4. The van der Waals surface area contributed by atoms with Gasteiger partial charge in [0.05, 0.1) is 5.69 Å². The van der Waals surface area contributed by atoms with Crippen molar-refractivity contribution in [2.45, 2.75) is 6.92 Å². The zero-order valence-electron chi connectivity index (χ0n) is 8.40. The highest BCUT2D eigenvalue weighted by Gasteiger charge is 2.16. The average Bonchev–Trinajstić information content (AvgIpc) is 2.61. The van der Waals surface area contributed by atoms with Gasteiger partial charge in [0, 0.05) is 5.56 Å². The van der Waals surface area contributed by atoms with E-state index in [4.69, 9.17) is 5.11 Å². The number of hydrogen-bond donors (Lipinski definition) is 1. The predicted octanol–water partition coefficient (Wildman–Crippen LogP) is 2.96. The van der Waals surface area contributed by atoms with Gasteiger partial charge >= 0.3 is 5.97 Å². The number of aromatic nitrogens is 1. The van der Waals surface area contributed by atoms with Crippen molar-refractivity contribution in [3.63, 3.8) is 0 Å². The molecule has 0 aliphatic carbocycles. The monoisotopic (exact) mass is 237 g/mol. The maximum atomic E-state index is 13.4. The van der Waals surface area contributed by atoms with Crippen LogP contribution in [0.2, 0.25) is 0 Å². The first-order valence-corrected chi connectivity index (χ1v) is 5.37. The van der Waals surface area contributed by atoms with Crippen molar-refractivity contribution in [2.24, 2.45) is 0 Å². The molecule has 5 heteroatoms. The maximum Gasteiger partial charge on any atom is 0.347 e. The first-order chi connectivity index (χ1) is 7.59. The topological polar surface area (TPSA) is 50.2 Å². The van der Waals surface area contributed by atoms with E-state index >= 15 is 0 Å². The third kappa shape index (κ3) is 1.81. The van der Waals surface area contributed by atoms with E-state index in [0.717, 1.165) is 11.3 Å². The molecule has 0 radical (unpaired) electrons. The molecule has 0 saturated carbocycles. The number of carboxylic acid groups (broad SMARTS) is 1. The summed E-state index contributed by atoms with van der Waals surface area (Å²) in [6.07, 6.45) is 0. The number of nitrogens with zero attached hydrogens (tertiary/aromatic N) is 1. The van der Waals surface area contributed by atoms with Gasteiger partial charge in [-0.05, 0) is 19.1 Å². The molecule has 1 heterocycles. The number of thiazole rings is 1. The lowest BCUT2D eigenvalue weighted by atomic mass is 10.2. The quantitative estimate of drug-likeness (QED) is 0.873. The summed E-state index contributed by atoms with van der Waals surface area (Å²) in [5.41, 5.74) is 0.749. The van der Waals surface area contributed by atoms with Crippen molar-refractivity contribution >= 4 is 17.3 Å². The highest BCUT2D eigenvalue weighted by atomic mass is 32.1. The highest BCUT2D eigenvalue weighted by Crippen LogP contribution is 2.29. The minimum absolute atomic E-state index is 0.151. The molecule has 1 aromatic carbocycles. The van der Waals surface area contributed by atoms with Gasteiger partial charge in [0.2, 0.25) is 0 Å². The summed E-state index contributed by atoms with van der Waals surface area (Å²) in [5, 5.41) is 9.27. The number of hydrogen-bond acceptors (Lipinski definition) is 3. The lowest BCUT2D eigenvalue weighted by Crippen LogP contribution is -1.94. The van der Waals surface area contributed by atoms with Gasteiger partial charge in [-0.25, -0.2) is 14.2 Å². The van der Waals surface area contributed by atoms with Gasteiger partial charge in [-0.2, -0.15) is 0 Å². The number of rotatable bonds is 2. The highest BCUT2D eigenvalue weighted by molar-refractivity contribution is 7.17. The van der Waals surface area contributed by atoms with Crippen molar-refractivity contribution in [3.8, 4) is 10.6 Å². The van der Waals surface area contributed by atoms with Crippen LogP contribution < -0.4 is 0 Å². The molecule has 0 aliphatic heterocycles. The number of carboxylic acids is 1. The molecule has 0 amide bonds. The van der Waals surface area contributed by atoms with E-state index in [-0.39, 0.29) is 4.88 Å².